The molecule has 0 bridgehead atoms. The van der Waals surface area contributed by atoms with Gasteiger partial charge in [0.25, 0.3) is 0 Å². The fraction of sp³-hybridized carbons (Fsp3) is 0.421. The first-order valence-electron chi connectivity index (χ1n) is 8.67. The molecule has 1 aliphatic rings. The minimum Gasteiger partial charge on any atom is -0.445 e. The first-order chi connectivity index (χ1) is 13.0. The van der Waals surface area contributed by atoms with Gasteiger partial charge in [-0.25, -0.2) is 4.79 Å². The van der Waals surface area contributed by atoms with Crippen LogP contribution in [0.3, 0.4) is 0 Å². The van der Waals surface area contributed by atoms with Gasteiger partial charge in [0.1, 0.15) is 6.61 Å². The molecule has 0 N–H and O–H groups in total. The molecule has 1 fully saturated rings. The van der Waals surface area contributed by atoms with E-state index in [1.807, 2.05) is 0 Å². The van der Waals surface area contributed by atoms with Gasteiger partial charge in [-0.15, -0.1) is 22.5 Å². The number of amides is 1. The van der Waals surface area contributed by atoms with E-state index >= 15 is 0 Å². The largest absolute Gasteiger partial charge is 0.445 e. The summed E-state index contributed by atoms with van der Waals surface area (Å²) < 4.78 is 11.0. The van der Waals surface area contributed by atoms with E-state index < -0.39 is 0 Å². The van der Waals surface area contributed by atoms with Crippen molar-refractivity contribution in [1.82, 2.24) is 15.1 Å². The van der Waals surface area contributed by atoms with Crippen LogP contribution in [0.1, 0.15) is 42.5 Å². The average molecular weight is 408 g/mol. The molecule has 8 heteroatoms. The van der Waals surface area contributed by atoms with Crippen LogP contribution in [0, 0.1) is 12.3 Å². The number of ether oxygens (including phenoxy) is 1. The molecule has 0 atom stereocenters. The number of hydrogen-bond acceptors (Lipinski definition) is 5. The molecule has 0 radical (unpaired) electrons. The Morgan fingerprint density at radius 2 is 1.96 bits per heavy atom. The molecule has 0 spiro atoms. The summed E-state index contributed by atoms with van der Waals surface area (Å²) in [5.74, 6) is 3.87. The van der Waals surface area contributed by atoms with Gasteiger partial charge in [-0.1, -0.05) is 23.2 Å². The number of carbonyl (C=O) groups is 1. The van der Waals surface area contributed by atoms with Gasteiger partial charge in [0, 0.05) is 41.9 Å². The first-order valence-corrected chi connectivity index (χ1v) is 9.43. The highest BCUT2D eigenvalue weighted by molar-refractivity contribution is 6.34. The number of rotatable bonds is 5. The molecule has 0 aliphatic carbocycles. The number of carbonyl (C=O) groups excluding carboxylic acids is 1. The standard InChI is InChI=1S/C19H19Cl2N3O3/c1-2-3-4-17-22-23-18(27-17)14-5-7-24(8-6-14)19(25)26-12-13-9-15(20)11-16(21)10-13/h1,9-11,14H,3-8,12H2. The van der Waals surface area contributed by atoms with Crippen LogP contribution in [0.2, 0.25) is 10.0 Å². The second kappa shape index (κ2) is 9.12. The molecule has 6 nitrogen and oxygen atoms in total. The van der Waals surface area contributed by atoms with E-state index in [0.717, 1.165) is 18.4 Å². The number of benzene rings is 1. The van der Waals surface area contributed by atoms with E-state index in [0.29, 0.717) is 47.8 Å². The van der Waals surface area contributed by atoms with Gasteiger partial charge in [-0.05, 0) is 36.6 Å². The van der Waals surface area contributed by atoms with Crippen molar-refractivity contribution in [3.8, 4) is 12.3 Å². The number of terminal acetylenes is 1. The van der Waals surface area contributed by atoms with E-state index in [9.17, 15) is 4.79 Å². The van der Waals surface area contributed by atoms with Gasteiger partial charge in [0.15, 0.2) is 0 Å². The summed E-state index contributed by atoms with van der Waals surface area (Å²) in [6, 6.07) is 5.08. The van der Waals surface area contributed by atoms with Crippen LogP contribution >= 0.6 is 23.2 Å². The molecule has 142 valence electrons. The van der Waals surface area contributed by atoms with Crippen LogP contribution in [0.25, 0.3) is 0 Å². The van der Waals surface area contributed by atoms with Crippen molar-refractivity contribution in [3.63, 3.8) is 0 Å². The van der Waals surface area contributed by atoms with Crippen molar-refractivity contribution in [1.29, 1.82) is 0 Å². The van der Waals surface area contributed by atoms with E-state index in [-0.39, 0.29) is 18.6 Å². The number of halogens is 2. The lowest BCUT2D eigenvalue weighted by atomic mass is 9.97. The summed E-state index contributed by atoms with van der Waals surface area (Å²) in [6.45, 7) is 1.27. The van der Waals surface area contributed by atoms with Crippen LogP contribution in [0.5, 0.6) is 0 Å². The lowest BCUT2D eigenvalue weighted by Crippen LogP contribution is -2.38. The predicted molar refractivity (Wildman–Crippen MR) is 102 cm³/mol. The zero-order chi connectivity index (χ0) is 19.2. The first kappa shape index (κ1) is 19.5. The number of likely N-dealkylation sites (tertiary alicyclic amines) is 1. The molecule has 2 heterocycles. The van der Waals surface area contributed by atoms with Gasteiger partial charge in [0.2, 0.25) is 11.8 Å². The maximum absolute atomic E-state index is 12.3. The van der Waals surface area contributed by atoms with Crippen molar-refractivity contribution in [2.24, 2.45) is 0 Å². The molecule has 0 saturated carbocycles. The Labute approximate surface area is 167 Å². The molecule has 1 aliphatic heterocycles. The fourth-order valence-electron chi connectivity index (χ4n) is 2.95. The lowest BCUT2D eigenvalue weighted by molar-refractivity contribution is 0.0855. The van der Waals surface area contributed by atoms with Gasteiger partial charge in [-0.2, -0.15) is 0 Å². The second-order valence-electron chi connectivity index (χ2n) is 6.33. The van der Waals surface area contributed by atoms with E-state index in [2.05, 4.69) is 16.1 Å². The molecule has 1 aromatic heterocycles. The molecular weight excluding hydrogens is 389 g/mol. The number of hydrogen-bond donors (Lipinski definition) is 0. The van der Waals surface area contributed by atoms with Crippen LogP contribution in [-0.4, -0.2) is 34.3 Å². The molecular formula is C19H19Cl2N3O3. The summed E-state index contributed by atoms with van der Waals surface area (Å²) in [7, 11) is 0. The van der Waals surface area contributed by atoms with Gasteiger partial charge >= 0.3 is 6.09 Å². The Morgan fingerprint density at radius 1 is 1.26 bits per heavy atom. The Morgan fingerprint density at radius 3 is 2.63 bits per heavy atom. The quantitative estimate of drug-likeness (QED) is 0.684. The third kappa shape index (κ3) is 5.38. The van der Waals surface area contributed by atoms with Gasteiger partial charge in [0.05, 0.1) is 0 Å². The predicted octanol–water partition coefficient (Wildman–Crippen LogP) is 4.46. The zero-order valence-electron chi connectivity index (χ0n) is 14.7. The maximum Gasteiger partial charge on any atom is 0.410 e. The number of piperidine rings is 1. The maximum atomic E-state index is 12.3. The van der Waals surface area contributed by atoms with Crippen molar-refractivity contribution >= 4 is 29.3 Å². The topological polar surface area (TPSA) is 68.5 Å². The van der Waals surface area contributed by atoms with Gasteiger partial charge < -0.3 is 14.1 Å². The number of nitrogens with zero attached hydrogens (tertiary/aromatic N) is 3. The Balaban J connectivity index is 1.47. The molecule has 1 aromatic carbocycles. The monoisotopic (exact) mass is 407 g/mol. The number of aryl methyl sites for hydroxylation is 1. The summed E-state index contributed by atoms with van der Waals surface area (Å²) in [4.78, 5) is 14.0. The van der Waals surface area contributed by atoms with E-state index in [1.54, 1.807) is 23.1 Å². The van der Waals surface area contributed by atoms with E-state index in [4.69, 9.17) is 38.8 Å². The molecule has 27 heavy (non-hydrogen) atoms. The van der Waals surface area contributed by atoms with Gasteiger partial charge in [-0.3, -0.25) is 0 Å². The molecule has 3 rings (SSSR count). The van der Waals surface area contributed by atoms with Crippen LogP contribution in [0.15, 0.2) is 22.6 Å². The normalized spacial score (nSPS) is 14.8. The number of aromatic nitrogens is 2. The smallest absolute Gasteiger partial charge is 0.410 e. The van der Waals surface area contributed by atoms with Crippen molar-refractivity contribution in [3.05, 3.63) is 45.6 Å². The molecule has 2 aromatic rings. The fourth-order valence-corrected chi connectivity index (χ4v) is 3.52. The highest BCUT2D eigenvalue weighted by Gasteiger charge is 2.28. The van der Waals surface area contributed by atoms with E-state index in [1.165, 1.54) is 0 Å². The van der Waals surface area contributed by atoms with Crippen molar-refractivity contribution in [2.75, 3.05) is 13.1 Å². The minimum absolute atomic E-state index is 0.126. The summed E-state index contributed by atoms with van der Waals surface area (Å²) in [5.41, 5.74) is 0.751. The third-order valence-corrected chi connectivity index (χ3v) is 4.79. The summed E-state index contributed by atoms with van der Waals surface area (Å²) >= 11 is 11.9. The molecule has 1 amide bonds. The lowest BCUT2D eigenvalue weighted by Gasteiger charge is -2.29. The highest BCUT2D eigenvalue weighted by Crippen LogP contribution is 2.28. The Kier molecular flexibility index (Phi) is 6.59. The van der Waals surface area contributed by atoms with Crippen LogP contribution in [-0.2, 0) is 17.8 Å². The third-order valence-electron chi connectivity index (χ3n) is 4.35. The Hall–Kier alpha value is -2.23. The van der Waals surface area contributed by atoms with Crippen LogP contribution < -0.4 is 0 Å². The zero-order valence-corrected chi connectivity index (χ0v) is 16.2. The summed E-state index contributed by atoms with van der Waals surface area (Å²) in [6.07, 6.45) is 7.54. The van der Waals surface area contributed by atoms with Crippen molar-refractivity contribution < 1.29 is 13.9 Å². The average Bonchev–Trinajstić information content (AvgIpc) is 3.13. The highest BCUT2D eigenvalue weighted by atomic mass is 35.5. The second-order valence-corrected chi connectivity index (χ2v) is 7.20. The summed E-state index contributed by atoms with van der Waals surface area (Å²) in [5, 5.41) is 9.15. The SMILES string of the molecule is C#CCCc1nnc(C2CCN(C(=O)OCc3cc(Cl)cc(Cl)c3)CC2)o1. The molecule has 0 unspecified atom stereocenters. The minimum atomic E-state index is -0.357. The molecule has 1 saturated heterocycles. The Bertz CT molecular complexity index is 819. The van der Waals surface area contributed by atoms with Crippen molar-refractivity contribution in [2.45, 2.75) is 38.2 Å². The van der Waals surface area contributed by atoms with Crippen LogP contribution in [0.4, 0.5) is 4.79 Å².